The van der Waals surface area contributed by atoms with Crippen molar-refractivity contribution in [1.29, 1.82) is 0 Å². The molecular formula is C16H25NO3S. The Balaban J connectivity index is 2.47. The summed E-state index contributed by atoms with van der Waals surface area (Å²) in [7, 11) is -0.907. The molecule has 1 aromatic carbocycles. The summed E-state index contributed by atoms with van der Waals surface area (Å²) in [6.45, 7) is 7.61. The Morgan fingerprint density at radius 1 is 1.33 bits per heavy atom. The topological polar surface area (TPSA) is 46.6 Å². The molecule has 0 fully saturated rings. The molecule has 21 heavy (non-hydrogen) atoms. The monoisotopic (exact) mass is 311 g/mol. The van der Waals surface area contributed by atoms with Crippen LogP contribution in [0.15, 0.2) is 36.9 Å². The molecule has 1 aromatic rings. The zero-order valence-corrected chi connectivity index (χ0v) is 13.9. The molecule has 0 saturated carbocycles. The Labute approximate surface area is 128 Å². The second-order valence-electron chi connectivity index (χ2n) is 5.64. The van der Waals surface area contributed by atoms with Gasteiger partial charge >= 0.3 is 0 Å². The van der Waals surface area contributed by atoms with Gasteiger partial charge in [0.15, 0.2) is 0 Å². The minimum atomic E-state index is -2.91. The molecule has 0 heterocycles. The molecule has 0 aromatic heterocycles. The van der Waals surface area contributed by atoms with Crippen LogP contribution in [0.25, 0.3) is 0 Å². The lowest BCUT2D eigenvalue weighted by molar-refractivity contribution is 0.289. The van der Waals surface area contributed by atoms with Crippen molar-refractivity contribution in [2.45, 2.75) is 13.5 Å². The van der Waals surface area contributed by atoms with Crippen molar-refractivity contribution in [2.75, 3.05) is 32.2 Å². The van der Waals surface area contributed by atoms with E-state index in [2.05, 4.69) is 11.5 Å². The van der Waals surface area contributed by atoms with Gasteiger partial charge in [-0.05, 0) is 30.7 Å². The number of sulfone groups is 1. The summed E-state index contributed by atoms with van der Waals surface area (Å²) in [4.78, 5) is 2.13. The van der Waals surface area contributed by atoms with Crippen molar-refractivity contribution >= 4 is 9.84 Å². The zero-order chi connectivity index (χ0) is 15.9. The molecule has 0 aliphatic heterocycles. The highest BCUT2D eigenvalue weighted by atomic mass is 32.2. The van der Waals surface area contributed by atoms with Gasteiger partial charge in [0.2, 0.25) is 0 Å². The third kappa shape index (κ3) is 7.87. The number of hydrogen-bond donors (Lipinski definition) is 0. The van der Waals surface area contributed by atoms with E-state index in [0.29, 0.717) is 6.61 Å². The molecule has 0 radical (unpaired) electrons. The van der Waals surface area contributed by atoms with Gasteiger partial charge in [0.25, 0.3) is 0 Å². The highest BCUT2D eigenvalue weighted by molar-refractivity contribution is 7.90. The molecule has 0 saturated heterocycles. The summed E-state index contributed by atoms with van der Waals surface area (Å²) in [5.41, 5.74) is 1.18. The molecule has 0 spiro atoms. The van der Waals surface area contributed by atoms with Crippen LogP contribution >= 0.6 is 0 Å². The Morgan fingerprint density at radius 2 is 1.95 bits per heavy atom. The summed E-state index contributed by atoms with van der Waals surface area (Å²) in [5.74, 6) is 1.18. The molecule has 4 nitrogen and oxygen atoms in total. The maximum Gasteiger partial charge on any atom is 0.147 e. The normalized spacial score (nSPS) is 13.1. The van der Waals surface area contributed by atoms with Gasteiger partial charge in [-0.25, -0.2) is 8.42 Å². The van der Waals surface area contributed by atoms with Gasteiger partial charge in [-0.15, -0.1) is 0 Å². The Kier molecular flexibility index (Phi) is 6.92. The second kappa shape index (κ2) is 8.20. The predicted molar refractivity (Wildman–Crippen MR) is 87.3 cm³/mol. The van der Waals surface area contributed by atoms with E-state index in [1.165, 1.54) is 11.8 Å². The van der Waals surface area contributed by atoms with Crippen molar-refractivity contribution in [3.8, 4) is 5.75 Å². The van der Waals surface area contributed by atoms with Crippen LogP contribution in [-0.4, -0.2) is 45.5 Å². The van der Waals surface area contributed by atoms with E-state index in [-0.39, 0.29) is 11.7 Å². The summed E-state index contributed by atoms with van der Waals surface area (Å²) in [5, 5.41) is 0. The fourth-order valence-electron chi connectivity index (χ4n) is 2.32. The molecule has 0 amide bonds. The molecule has 0 unspecified atom stereocenters. The first-order valence-electron chi connectivity index (χ1n) is 6.99. The van der Waals surface area contributed by atoms with Crippen LogP contribution in [-0.2, 0) is 16.4 Å². The maximum absolute atomic E-state index is 11.3. The average molecular weight is 311 g/mol. The molecule has 0 N–H and O–H groups in total. The van der Waals surface area contributed by atoms with Gasteiger partial charge in [0, 0.05) is 19.3 Å². The van der Waals surface area contributed by atoms with Gasteiger partial charge in [0.1, 0.15) is 22.2 Å². The third-order valence-corrected chi connectivity index (χ3v) is 4.13. The number of ether oxygens (including phenoxy) is 1. The second-order valence-corrected chi connectivity index (χ2v) is 7.82. The Bertz CT molecular complexity index is 537. The van der Waals surface area contributed by atoms with Crippen molar-refractivity contribution in [2.24, 2.45) is 5.92 Å². The van der Waals surface area contributed by atoms with Crippen molar-refractivity contribution < 1.29 is 13.2 Å². The van der Waals surface area contributed by atoms with Crippen molar-refractivity contribution in [1.82, 2.24) is 4.90 Å². The number of rotatable bonds is 9. The Morgan fingerprint density at radius 3 is 2.48 bits per heavy atom. The lowest BCUT2D eigenvalue weighted by atomic mass is 10.1. The molecule has 1 atom stereocenters. The number of hydrogen-bond acceptors (Lipinski definition) is 4. The average Bonchev–Trinajstić information content (AvgIpc) is 2.35. The van der Waals surface area contributed by atoms with Crippen LogP contribution in [0.2, 0.25) is 0 Å². The maximum atomic E-state index is 11.3. The minimum absolute atomic E-state index is 0.125. The summed E-state index contributed by atoms with van der Waals surface area (Å²) in [6, 6.07) is 7.92. The molecule has 5 heteroatoms. The molecule has 0 aliphatic carbocycles. The molecule has 1 rings (SSSR count). The van der Waals surface area contributed by atoms with E-state index in [4.69, 9.17) is 4.74 Å². The number of nitrogens with zero attached hydrogens (tertiary/aromatic N) is 1. The van der Waals surface area contributed by atoms with Gasteiger partial charge < -0.3 is 9.64 Å². The molecular weight excluding hydrogens is 286 g/mol. The molecule has 0 aliphatic rings. The highest BCUT2D eigenvalue weighted by Crippen LogP contribution is 2.14. The van der Waals surface area contributed by atoms with Crippen molar-refractivity contribution in [3.63, 3.8) is 0 Å². The van der Waals surface area contributed by atoms with Gasteiger partial charge in [-0.3, -0.25) is 0 Å². The SMILES string of the molecule is C=CCOc1ccc(CN(C)C[C@@H](C)CS(C)(=O)=O)cc1. The van der Waals surface area contributed by atoms with E-state index < -0.39 is 9.84 Å². The highest BCUT2D eigenvalue weighted by Gasteiger charge is 2.13. The first-order valence-corrected chi connectivity index (χ1v) is 9.05. The van der Waals surface area contributed by atoms with Crippen LogP contribution in [0, 0.1) is 5.92 Å². The van der Waals surface area contributed by atoms with Crippen molar-refractivity contribution in [3.05, 3.63) is 42.5 Å². The smallest absolute Gasteiger partial charge is 0.147 e. The molecule has 118 valence electrons. The summed E-state index contributed by atoms with van der Waals surface area (Å²) >= 11 is 0. The Hall–Kier alpha value is -1.33. The van der Waals surface area contributed by atoms with Gasteiger partial charge in [-0.1, -0.05) is 31.7 Å². The van der Waals surface area contributed by atoms with Crippen LogP contribution in [0.1, 0.15) is 12.5 Å². The first-order chi connectivity index (χ1) is 9.80. The third-order valence-electron chi connectivity index (χ3n) is 2.95. The largest absolute Gasteiger partial charge is 0.490 e. The predicted octanol–water partition coefficient (Wildman–Crippen LogP) is 2.36. The fourth-order valence-corrected chi connectivity index (χ4v) is 3.46. The lowest BCUT2D eigenvalue weighted by Gasteiger charge is -2.21. The molecule has 0 bridgehead atoms. The first kappa shape index (κ1) is 17.7. The lowest BCUT2D eigenvalue weighted by Crippen LogP contribution is -2.27. The quantitative estimate of drug-likeness (QED) is 0.657. The van der Waals surface area contributed by atoms with Crippen LogP contribution < -0.4 is 4.74 Å². The van der Waals surface area contributed by atoms with Crippen LogP contribution in [0.5, 0.6) is 5.75 Å². The van der Waals surface area contributed by atoms with Gasteiger partial charge in [-0.2, -0.15) is 0 Å². The van der Waals surface area contributed by atoms with E-state index >= 15 is 0 Å². The van der Waals surface area contributed by atoms with E-state index in [1.807, 2.05) is 38.2 Å². The minimum Gasteiger partial charge on any atom is -0.490 e. The van der Waals surface area contributed by atoms with E-state index in [0.717, 1.165) is 18.8 Å². The summed E-state index contributed by atoms with van der Waals surface area (Å²) < 4.78 is 28.0. The number of benzene rings is 1. The fraction of sp³-hybridized carbons (Fsp3) is 0.500. The van der Waals surface area contributed by atoms with Crippen LogP contribution in [0.4, 0.5) is 0 Å². The zero-order valence-electron chi connectivity index (χ0n) is 13.1. The van der Waals surface area contributed by atoms with Crippen LogP contribution in [0.3, 0.4) is 0 Å². The van der Waals surface area contributed by atoms with Gasteiger partial charge in [0.05, 0.1) is 5.75 Å². The standard InChI is InChI=1S/C16H25NO3S/c1-5-10-20-16-8-6-15(7-9-16)12-17(3)11-14(2)13-21(4,18)19/h5-9,14H,1,10-13H2,2-4H3/t14-/m1/s1. The van der Waals surface area contributed by atoms with E-state index in [1.54, 1.807) is 6.08 Å². The summed E-state index contributed by atoms with van der Waals surface area (Å²) in [6.07, 6.45) is 3.00. The van der Waals surface area contributed by atoms with E-state index in [9.17, 15) is 8.42 Å².